The summed E-state index contributed by atoms with van der Waals surface area (Å²) < 4.78 is 0. The summed E-state index contributed by atoms with van der Waals surface area (Å²) in [6.07, 6.45) is 3.91. The van der Waals surface area contributed by atoms with Crippen molar-refractivity contribution in [2.75, 3.05) is 33.7 Å². The highest BCUT2D eigenvalue weighted by molar-refractivity contribution is 4.57. The fourth-order valence-corrected chi connectivity index (χ4v) is 1.46. The minimum Gasteiger partial charge on any atom is -0.316 e. The molecule has 0 amide bonds. The predicted molar refractivity (Wildman–Crippen MR) is 60.1 cm³/mol. The van der Waals surface area contributed by atoms with Crippen LogP contribution in [0.25, 0.3) is 0 Å². The molecule has 1 N–H and O–H groups in total. The first kappa shape index (κ1) is 12.9. The van der Waals surface area contributed by atoms with E-state index < -0.39 is 0 Å². The number of nitrogens with one attached hydrogen (secondary N) is 1. The highest BCUT2D eigenvalue weighted by atomic mass is 15.0. The third kappa shape index (κ3) is 9.84. The molecular formula is C11H26N2. The molecule has 0 saturated carbocycles. The van der Waals surface area contributed by atoms with Crippen molar-refractivity contribution in [3.63, 3.8) is 0 Å². The fourth-order valence-electron chi connectivity index (χ4n) is 1.46. The molecule has 0 aliphatic rings. The van der Waals surface area contributed by atoms with Crippen molar-refractivity contribution in [1.82, 2.24) is 10.2 Å². The van der Waals surface area contributed by atoms with E-state index in [0.29, 0.717) is 0 Å². The van der Waals surface area contributed by atoms with E-state index in [9.17, 15) is 0 Å². The Morgan fingerprint density at radius 2 is 2.00 bits per heavy atom. The zero-order chi connectivity index (χ0) is 10.1. The minimum atomic E-state index is 0.837. The third-order valence-electron chi connectivity index (χ3n) is 2.23. The molecule has 0 fully saturated rings. The Morgan fingerprint density at radius 1 is 1.31 bits per heavy atom. The standard InChI is InChI=1S/C11H26N2/c1-5-7-11(2)10-12-8-6-9-13(3)4/h11-12H,5-10H2,1-4H3/t11-/m1/s1. The number of nitrogens with zero attached hydrogens (tertiary/aromatic N) is 1. The van der Waals surface area contributed by atoms with Crippen molar-refractivity contribution in [1.29, 1.82) is 0 Å². The fraction of sp³-hybridized carbons (Fsp3) is 1.00. The average Bonchev–Trinajstić information content (AvgIpc) is 2.03. The van der Waals surface area contributed by atoms with Crippen LogP contribution < -0.4 is 5.32 Å². The molecule has 0 rings (SSSR count). The van der Waals surface area contributed by atoms with Crippen LogP contribution in [0, 0.1) is 5.92 Å². The van der Waals surface area contributed by atoms with Crippen LogP contribution in [0.15, 0.2) is 0 Å². The number of rotatable bonds is 8. The lowest BCUT2D eigenvalue weighted by atomic mass is 10.1. The molecule has 0 radical (unpaired) electrons. The van der Waals surface area contributed by atoms with Crippen molar-refractivity contribution < 1.29 is 0 Å². The molecule has 0 aliphatic heterocycles. The van der Waals surface area contributed by atoms with Crippen LogP contribution in [0.3, 0.4) is 0 Å². The summed E-state index contributed by atoms with van der Waals surface area (Å²) >= 11 is 0. The Morgan fingerprint density at radius 3 is 2.54 bits per heavy atom. The second-order valence-corrected chi connectivity index (χ2v) is 4.25. The molecule has 2 heteroatoms. The van der Waals surface area contributed by atoms with Crippen LogP contribution in [-0.4, -0.2) is 38.6 Å². The predicted octanol–water partition coefficient (Wildman–Crippen LogP) is 1.96. The minimum absolute atomic E-state index is 0.837. The Bertz CT molecular complexity index is 102. The van der Waals surface area contributed by atoms with Crippen LogP contribution in [0.2, 0.25) is 0 Å². The molecule has 0 aromatic heterocycles. The van der Waals surface area contributed by atoms with Crippen LogP contribution in [0.5, 0.6) is 0 Å². The first-order chi connectivity index (χ1) is 6.16. The maximum atomic E-state index is 3.50. The lowest BCUT2D eigenvalue weighted by Gasteiger charge is -2.12. The number of hydrogen-bond donors (Lipinski definition) is 1. The zero-order valence-corrected chi connectivity index (χ0v) is 9.77. The van der Waals surface area contributed by atoms with Gasteiger partial charge in [0.15, 0.2) is 0 Å². The summed E-state index contributed by atoms with van der Waals surface area (Å²) in [5.74, 6) is 0.837. The van der Waals surface area contributed by atoms with Crippen LogP contribution in [-0.2, 0) is 0 Å². The van der Waals surface area contributed by atoms with Crippen molar-refractivity contribution >= 4 is 0 Å². The molecule has 2 nitrogen and oxygen atoms in total. The van der Waals surface area contributed by atoms with Gasteiger partial charge < -0.3 is 10.2 Å². The van der Waals surface area contributed by atoms with Gasteiger partial charge in [-0.05, 0) is 52.5 Å². The second kappa shape index (κ2) is 8.52. The molecular weight excluding hydrogens is 160 g/mol. The molecule has 0 aromatic rings. The molecule has 0 heterocycles. The van der Waals surface area contributed by atoms with E-state index in [4.69, 9.17) is 0 Å². The van der Waals surface area contributed by atoms with Gasteiger partial charge in [0, 0.05) is 0 Å². The first-order valence-corrected chi connectivity index (χ1v) is 5.52. The van der Waals surface area contributed by atoms with Crippen molar-refractivity contribution in [2.45, 2.75) is 33.1 Å². The molecule has 0 saturated heterocycles. The highest BCUT2D eigenvalue weighted by Crippen LogP contribution is 2.02. The van der Waals surface area contributed by atoms with Gasteiger partial charge >= 0.3 is 0 Å². The van der Waals surface area contributed by atoms with E-state index in [0.717, 1.165) is 12.5 Å². The topological polar surface area (TPSA) is 15.3 Å². The SMILES string of the molecule is CCC[C@@H](C)CNCCCN(C)C. The van der Waals surface area contributed by atoms with E-state index in [1.165, 1.54) is 32.4 Å². The Hall–Kier alpha value is -0.0800. The molecule has 0 unspecified atom stereocenters. The Balaban J connectivity index is 3.06. The van der Waals surface area contributed by atoms with Gasteiger partial charge in [0.2, 0.25) is 0 Å². The first-order valence-electron chi connectivity index (χ1n) is 5.52. The van der Waals surface area contributed by atoms with Gasteiger partial charge in [-0.3, -0.25) is 0 Å². The van der Waals surface area contributed by atoms with Crippen molar-refractivity contribution in [2.24, 2.45) is 5.92 Å². The third-order valence-corrected chi connectivity index (χ3v) is 2.23. The van der Waals surface area contributed by atoms with Gasteiger partial charge in [0.05, 0.1) is 0 Å². The summed E-state index contributed by atoms with van der Waals surface area (Å²) in [6, 6.07) is 0. The van der Waals surface area contributed by atoms with E-state index in [1.54, 1.807) is 0 Å². The summed E-state index contributed by atoms with van der Waals surface area (Å²) in [5, 5.41) is 3.50. The Kier molecular flexibility index (Phi) is 8.46. The lowest BCUT2D eigenvalue weighted by molar-refractivity contribution is 0.387. The van der Waals surface area contributed by atoms with E-state index in [2.05, 4.69) is 38.2 Å². The molecule has 0 spiro atoms. The van der Waals surface area contributed by atoms with Gasteiger partial charge in [-0.1, -0.05) is 20.3 Å². The normalized spacial score (nSPS) is 13.6. The molecule has 80 valence electrons. The van der Waals surface area contributed by atoms with Crippen LogP contribution >= 0.6 is 0 Å². The van der Waals surface area contributed by atoms with Crippen LogP contribution in [0.4, 0.5) is 0 Å². The highest BCUT2D eigenvalue weighted by Gasteiger charge is 1.98. The summed E-state index contributed by atoms with van der Waals surface area (Å²) in [7, 11) is 4.25. The molecule has 13 heavy (non-hydrogen) atoms. The maximum absolute atomic E-state index is 3.50. The zero-order valence-electron chi connectivity index (χ0n) is 9.77. The van der Waals surface area contributed by atoms with E-state index >= 15 is 0 Å². The van der Waals surface area contributed by atoms with Gasteiger partial charge in [0.25, 0.3) is 0 Å². The van der Waals surface area contributed by atoms with E-state index in [1.807, 2.05) is 0 Å². The molecule has 0 aromatic carbocycles. The van der Waals surface area contributed by atoms with Crippen LogP contribution in [0.1, 0.15) is 33.1 Å². The average molecular weight is 186 g/mol. The lowest BCUT2D eigenvalue weighted by Crippen LogP contribution is -2.25. The van der Waals surface area contributed by atoms with Gasteiger partial charge in [-0.25, -0.2) is 0 Å². The van der Waals surface area contributed by atoms with E-state index in [-0.39, 0.29) is 0 Å². The van der Waals surface area contributed by atoms with Gasteiger partial charge in [0.1, 0.15) is 0 Å². The van der Waals surface area contributed by atoms with Gasteiger partial charge in [-0.15, -0.1) is 0 Å². The molecule has 0 bridgehead atoms. The number of hydrogen-bond acceptors (Lipinski definition) is 2. The summed E-state index contributed by atoms with van der Waals surface area (Å²) in [5.41, 5.74) is 0. The smallest absolute Gasteiger partial charge is 0.00127 e. The summed E-state index contributed by atoms with van der Waals surface area (Å²) in [6.45, 7) is 8.10. The summed E-state index contributed by atoms with van der Waals surface area (Å²) in [4.78, 5) is 2.23. The van der Waals surface area contributed by atoms with Gasteiger partial charge in [-0.2, -0.15) is 0 Å². The second-order valence-electron chi connectivity index (χ2n) is 4.25. The molecule has 0 aliphatic carbocycles. The van der Waals surface area contributed by atoms with Crippen molar-refractivity contribution in [3.05, 3.63) is 0 Å². The molecule has 1 atom stereocenters. The quantitative estimate of drug-likeness (QED) is 0.583. The largest absolute Gasteiger partial charge is 0.316 e. The Labute approximate surface area is 83.7 Å². The van der Waals surface area contributed by atoms with Crippen molar-refractivity contribution in [3.8, 4) is 0 Å². The monoisotopic (exact) mass is 186 g/mol. The maximum Gasteiger partial charge on any atom is -0.00127 e.